The van der Waals surface area contributed by atoms with E-state index in [2.05, 4.69) is 23.2 Å². The molecule has 29 heavy (non-hydrogen) atoms. The number of amides is 1. The SMILES string of the molecule is CC1(C#N)SC(C(=O)Nc2cc(F)c(=O)n(CC(F)F)c2)CC1C#CC1COC1. The second kappa shape index (κ2) is 8.52. The maximum atomic E-state index is 13.8. The normalized spacial score (nSPS) is 26.3. The number of nitriles is 1. The van der Waals surface area contributed by atoms with E-state index < -0.39 is 40.3 Å². The Kier molecular flexibility index (Phi) is 6.25. The second-order valence-electron chi connectivity index (χ2n) is 7.05. The van der Waals surface area contributed by atoms with Gasteiger partial charge in [0.05, 0.1) is 42.7 Å². The predicted octanol–water partition coefficient (Wildman–Crippen LogP) is 2.24. The zero-order valence-corrected chi connectivity index (χ0v) is 16.3. The van der Waals surface area contributed by atoms with Crippen molar-refractivity contribution in [2.45, 2.75) is 36.3 Å². The summed E-state index contributed by atoms with van der Waals surface area (Å²) < 4.78 is 43.6. The van der Waals surface area contributed by atoms with Gasteiger partial charge in [0.1, 0.15) is 4.75 Å². The number of ether oxygens (including phenoxy) is 1. The van der Waals surface area contributed by atoms with Gasteiger partial charge in [-0.15, -0.1) is 11.8 Å². The molecule has 0 spiro atoms. The number of carbonyl (C=O) groups excluding carboxylic acids is 1. The fraction of sp³-hybridized carbons (Fsp3) is 0.526. The fourth-order valence-corrected chi connectivity index (χ4v) is 4.46. The van der Waals surface area contributed by atoms with Gasteiger partial charge in [0.15, 0.2) is 5.82 Å². The molecule has 2 aliphatic heterocycles. The Morgan fingerprint density at radius 2 is 2.21 bits per heavy atom. The van der Waals surface area contributed by atoms with E-state index in [1.54, 1.807) is 6.92 Å². The van der Waals surface area contributed by atoms with E-state index in [0.29, 0.717) is 24.2 Å². The molecule has 0 aromatic carbocycles. The Morgan fingerprint density at radius 1 is 1.48 bits per heavy atom. The van der Waals surface area contributed by atoms with E-state index in [4.69, 9.17) is 4.74 Å². The average Bonchev–Trinajstić information content (AvgIpc) is 2.95. The highest BCUT2D eigenvalue weighted by Gasteiger charge is 2.47. The highest BCUT2D eigenvalue weighted by atomic mass is 32.2. The highest BCUT2D eigenvalue weighted by molar-refractivity contribution is 8.02. The molecule has 2 fully saturated rings. The molecule has 1 aromatic rings. The minimum absolute atomic E-state index is 0.104. The van der Waals surface area contributed by atoms with Gasteiger partial charge in [-0.2, -0.15) is 5.26 Å². The van der Waals surface area contributed by atoms with Crippen LogP contribution in [-0.4, -0.2) is 40.1 Å². The molecule has 0 radical (unpaired) electrons. The molecular weight excluding hydrogens is 407 g/mol. The lowest BCUT2D eigenvalue weighted by Gasteiger charge is -2.21. The molecule has 0 aliphatic carbocycles. The van der Waals surface area contributed by atoms with E-state index in [0.717, 1.165) is 24.0 Å². The first-order valence-electron chi connectivity index (χ1n) is 8.88. The molecular formula is C19H18F3N3O3S. The van der Waals surface area contributed by atoms with Crippen LogP contribution in [0.1, 0.15) is 13.3 Å². The third-order valence-electron chi connectivity index (χ3n) is 4.76. The summed E-state index contributed by atoms with van der Waals surface area (Å²) in [5.74, 6) is 4.20. The fourth-order valence-electron chi connectivity index (χ4n) is 3.04. The van der Waals surface area contributed by atoms with Crippen LogP contribution in [0.25, 0.3) is 0 Å². The van der Waals surface area contributed by atoms with Crippen molar-refractivity contribution in [3.63, 3.8) is 0 Å². The van der Waals surface area contributed by atoms with Crippen LogP contribution >= 0.6 is 11.8 Å². The molecule has 154 valence electrons. The molecule has 0 bridgehead atoms. The average molecular weight is 425 g/mol. The molecule has 10 heteroatoms. The Morgan fingerprint density at radius 3 is 2.79 bits per heavy atom. The molecule has 1 aromatic heterocycles. The number of anilines is 1. The van der Waals surface area contributed by atoms with Crippen molar-refractivity contribution in [3.8, 4) is 17.9 Å². The highest BCUT2D eigenvalue weighted by Crippen LogP contribution is 2.47. The number of nitrogens with zero attached hydrogens (tertiary/aromatic N) is 2. The van der Waals surface area contributed by atoms with Crippen LogP contribution in [0, 0.1) is 40.8 Å². The van der Waals surface area contributed by atoms with Crippen LogP contribution < -0.4 is 10.9 Å². The minimum Gasteiger partial charge on any atom is -0.379 e. The molecule has 0 saturated carbocycles. The van der Waals surface area contributed by atoms with Crippen molar-refractivity contribution in [1.29, 1.82) is 5.26 Å². The lowest BCUT2D eigenvalue weighted by molar-refractivity contribution is -0.115. The number of alkyl halides is 2. The summed E-state index contributed by atoms with van der Waals surface area (Å²) in [6.07, 6.45) is -1.55. The van der Waals surface area contributed by atoms with Gasteiger partial charge in [-0.25, -0.2) is 13.2 Å². The monoisotopic (exact) mass is 425 g/mol. The largest absolute Gasteiger partial charge is 0.379 e. The first-order valence-corrected chi connectivity index (χ1v) is 9.76. The lowest BCUT2D eigenvalue weighted by Crippen LogP contribution is -2.28. The predicted molar refractivity (Wildman–Crippen MR) is 101 cm³/mol. The molecule has 3 atom stereocenters. The van der Waals surface area contributed by atoms with Gasteiger partial charge < -0.3 is 14.6 Å². The van der Waals surface area contributed by atoms with Crippen molar-refractivity contribution < 1.29 is 22.7 Å². The van der Waals surface area contributed by atoms with Gasteiger partial charge in [0.2, 0.25) is 5.91 Å². The summed E-state index contributed by atoms with van der Waals surface area (Å²) in [6.45, 7) is 1.84. The quantitative estimate of drug-likeness (QED) is 0.748. The van der Waals surface area contributed by atoms with Gasteiger partial charge in [0, 0.05) is 18.2 Å². The molecule has 3 unspecified atom stereocenters. The molecule has 2 saturated heterocycles. The number of pyridine rings is 1. The number of carbonyl (C=O) groups is 1. The van der Waals surface area contributed by atoms with Crippen molar-refractivity contribution in [1.82, 2.24) is 4.57 Å². The Bertz CT molecular complexity index is 961. The molecule has 2 aliphatic rings. The zero-order chi connectivity index (χ0) is 21.2. The third-order valence-corrected chi connectivity index (χ3v) is 6.32. The van der Waals surface area contributed by atoms with E-state index in [1.807, 2.05) is 0 Å². The lowest BCUT2D eigenvalue weighted by atomic mass is 9.90. The van der Waals surface area contributed by atoms with Gasteiger partial charge >= 0.3 is 0 Å². The Labute approximate surface area is 169 Å². The molecule has 3 rings (SSSR count). The van der Waals surface area contributed by atoms with E-state index in [1.165, 1.54) is 0 Å². The minimum atomic E-state index is -2.85. The number of halogens is 3. The first kappa shape index (κ1) is 21.3. The summed E-state index contributed by atoms with van der Waals surface area (Å²) in [4.78, 5) is 24.2. The number of rotatable bonds is 4. The standard InChI is InChI=1S/C19H18F3N3O3S/c1-19(10-23)12(3-2-11-8-28-9-11)4-15(29-19)17(26)24-13-5-14(20)18(27)25(6-13)7-16(21)22/h5-6,11-12,15-16H,4,7-9H2,1H3,(H,24,26). The van der Waals surface area contributed by atoms with Crippen LogP contribution in [0.3, 0.4) is 0 Å². The molecule has 3 heterocycles. The number of nitrogens with one attached hydrogen (secondary N) is 1. The topological polar surface area (TPSA) is 84.1 Å². The van der Waals surface area contributed by atoms with Gasteiger partial charge in [-0.3, -0.25) is 9.59 Å². The Balaban J connectivity index is 1.74. The van der Waals surface area contributed by atoms with Crippen molar-refractivity contribution in [2.75, 3.05) is 18.5 Å². The maximum absolute atomic E-state index is 13.8. The third kappa shape index (κ3) is 4.77. The molecule has 1 N–H and O–H groups in total. The van der Waals surface area contributed by atoms with E-state index in [-0.39, 0.29) is 17.5 Å². The Hall–Kier alpha value is -2.43. The van der Waals surface area contributed by atoms with Gasteiger partial charge in [-0.1, -0.05) is 11.8 Å². The molecule has 1 amide bonds. The maximum Gasteiger partial charge on any atom is 0.286 e. The van der Waals surface area contributed by atoms with Crippen LogP contribution in [0.2, 0.25) is 0 Å². The summed E-state index contributed by atoms with van der Waals surface area (Å²) in [5, 5.41) is 11.4. The van der Waals surface area contributed by atoms with Gasteiger partial charge in [0.25, 0.3) is 12.0 Å². The van der Waals surface area contributed by atoms with Crippen molar-refractivity contribution in [3.05, 3.63) is 28.4 Å². The summed E-state index contributed by atoms with van der Waals surface area (Å²) in [5.41, 5.74) is -1.29. The van der Waals surface area contributed by atoms with Crippen molar-refractivity contribution in [2.24, 2.45) is 11.8 Å². The van der Waals surface area contributed by atoms with Crippen LogP contribution in [-0.2, 0) is 16.1 Å². The van der Waals surface area contributed by atoms with E-state index in [9.17, 15) is 28.0 Å². The second-order valence-corrected chi connectivity index (χ2v) is 8.70. The molecule has 6 nitrogen and oxygen atoms in total. The van der Waals surface area contributed by atoms with Crippen LogP contribution in [0.4, 0.5) is 18.9 Å². The number of hydrogen-bond acceptors (Lipinski definition) is 5. The summed E-state index contributed by atoms with van der Waals surface area (Å²) in [7, 11) is 0. The zero-order valence-electron chi connectivity index (χ0n) is 15.5. The van der Waals surface area contributed by atoms with Crippen LogP contribution in [0.5, 0.6) is 0 Å². The van der Waals surface area contributed by atoms with Gasteiger partial charge in [-0.05, 0) is 13.3 Å². The first-order chi connectivity index (χ1) is 13.7. The number of hydrogen-bond donors (Lipinski definition) is 1. The summed E-state index contributed by atoms with van der Waals surface area (Å²) >= 11 is 1.16. The van der Waals surface area contributed by atoms with Crippen LogP contribution in [0.15, 0.2) is 17.1 Å². The van der Waals surface area contributed by atoms with Crippen molar-refractivity contribution >= 4 is 23.4 Å². The smallest absolute Gasteiger partial charge is 0.286 e. The number of aromatic nitrogens is 1. The summed E-state index contributed by atoms with van der Waals surface area (Å²) in [6, 6.07) is 3.00. The van der Waals surface area contributed by atoms with E-state index >= 15 is 0 Å². The number of thioether (sulfide) groups is 1.